The molecule has 0 unspecified atom stereocenters. The average molecular weight is 431 g/mol. The number of benzene rings is 2. The molecule has 3 aromatic rings. The quantitative estimate of drug-likeness (QED) is 0.507. The third-order valence-electron chi connectivity index (χ3n) is 4.53. The van der Waals surface area contributed by atoms with Crippen molar-refractivity contribution in [3.8, 4) is 17.5 Å². The molecule has 0 saturated carbocycles. The van der Waals surface area contributed by atoms with Crippen molar-refractivity contribution in [2.24, 2.45) is 0 Å². The molecule has 0 aliphatic carbocycles. The number of hydrogen-bond donors (Lipinski definition) is 0. The number of fused-ring (bicyclic) bond motifs is 1. The molecular formula is C20H22N4O3S2. The van der Waals surface area contributed by atoms with Crippen molar-refractivity contribution < 1.29 is 13.2 Å². The Hall–Kier alpha value is -2.54. The highest BCUT2D eigenvalue weighted by Gasteiger charge is 2.24. The molecule has 0 radical (unpaired) electrons. The molecule has 0 amide bonds. The topological polar surface area (TPSA) is 88.2 Å². The fraction of sp³-hybridized carbons (Fsp3) is 0.300. The maximum Gasteiger partial charge on any atom is 0.243 e. The number of para-hydroxylation sites is 2. The fourth-order valence-corrected chi connectivity index (χ4v) is 5.31. The summed E-state index contributed by atoms with van der Waals surface area (Å²) in [6, 6.07) is 14.6. The molecule has 3 rings (SSSR count). The zero-order valence-electron chi connectivity index (χ0n) is 16.5. The second-order valence-corrected chi connectivity index (χ2v) is 8.97. The zero-order chi connectivity index (χ0) is 21.0. The Labute approximate surface area is 175 Å². The van der Waals surface area contributed by atoms with E-state index in [4.69, 9.17) is 10.00 Å². The van der Waals surface area contributed by atoms with Crippen LogP contribution in [0.5, 0.6) is 5.75 Å². The van der Waals surface area contributed by atoms with E-state index in [0.29, 0.717) is 29.5 Å². The molecule has 2 aromatic carbocycles. The predicted octanol–water partition coefficient (Wildman–Crippen LogP) is 3.68. The summed E-state index contributed by atoms with van der Waals surface area (Å²) in [7, 11) is -2.00. The van der Waals surface area contributed by atoms with E-state index in [2.05, 4.69) is 11.1 Å². The van der Waals surface area contributed by atoms with Crippen LogP contribution in [0.3, 0.4) is 0 Å². The summed E-state index contributed by atoms with van der Waals surface area (Å²) in [6.45, 7) is 4.42. The Morgan fingerprint density at radius 3 is 2.59 bits per heavy atom. The summed E-state index contributed by atoms with van der Waals surface area (Å²) in [5.41, 5.74) is 2.07. The molecule has 1 aromatic heterocycles. The van der Waals surface area contributed by atoms with Crippen LogP contribution in [0.2, 0.25) is 0 Å². The van der Waals surface area contributed by atoms with E-state index in [1.54, 1.807) is 25.3 Å². The molecule has 0 saturated heterocycles. The number of nitriles is 1. The number of sulfonamides is 1. The number of rotatable bonds is 8. The van der Waals surface area contributed by atoms with Gasteiger partial charge in [0, 0.05) is 13.1 Å². The predicted molar refractivity (Wildman–Crippen MR) is 114 cm³/mol. The number of aromatic nitrogens is 2. The molecule has 0 spiro atoms. The van der Waals surface area contributed by atoms with Crippen molar-refractivity contribution >= 4 is 32.8 Å². The van der Waals surface area contributed by atoms with Crippen molar-refractivity contribution in [2.75, 3.05) is 26.0 Å². The first-order chi connectivity index (χ1) is 14.0. The first-order valence-corrected chi connectivity index (χ1v) is 11.6. The van der Waals surface area contributed by atoms with E-state index in [-0.39, 0.29) is 10.6 Å². The molecule has 0 fully saturated rings. The van der Waals surface area contributed by atoms with Crippen LogP contribution in [-0.2, 0) is 10.0 Å². The molecule has 0 aliphatic heterocycles. The SMILES string of the molecule is CCN(CC)S(=O)(=O)c1ccc2c(c1)nc(SCC#N)n2-c1ccccc1OC. The highest BCUT2D eigenvalue weighted by atomic mass is 32.2. The average Bonchev–Trinajstić information content (AvgIpc) is 3.10. The van der Waals surface area contributed by atoms with Gasteiger partial charge in [0.1, 0.15) is 5.75 Å². The van der Waals surface area contributed by atoms with Gasteiger partial charge in [0.25, 0.3) is 0 Å². The van der Waals surface area contributed by atoms with Gasteiger partial charge in [-0.2, -0.15) is 9.57 Å². The minimum atomic E-state index is -3.59. The van der Waals surface area contributed by atoms with E-state index < -0.39 is 10.0 Å². The Bertz CT molecular complexity index is 1160. The maximum atomic E-state index is 12.9. The molecule has 29 heavy (non-hydrogen) atoms. The van der Waals surface area contributed by atoms with Gasteiger partial charge in [0.05, 0.1) is 40.5 Å². The van der Waals surface area contributed by atoms with Gasteiger partial charge in [-0.1, -0.05) is 37.7 Å². The van der Waals surface area contributed by atoms with E-state index in [0.717, 1.165) is 11.2 Å². The van der Waals surface area contributed by atoms with Crippen molar-refractivity contribution in [1.29, 1.82) is 5.26 Å². The third-order valence-corrected chi connectivity index (χ3v) is 7.38. The van der Waals surface area contributed by atoms with E-state index >= 15 is 0 Å². The van der Waals surface area contributed by atoms with Crippen LogP contribution in [0.4, 0.5) is 0 Å². The Morgan fingerprint density at radius 1 is 1.21 bits per heavy atom. The van der Waals surface area contributed by atoms with Crippen LogP contribution in [0.25, 0.3) is 16.7 Å². The van der Waals surface area contributed by atoms with Crippen molar-refractivity contribution in [2.45, 2.75) is 23.9 Å². The van der Waals surface area contributed by atoms with Gasteiger partial charge in [-0.05, 0) is 30.3 Å². The van der Waals surface area contributed by atoms with E-state index in [9.17, 15) is 8.42 Å². The normalized spacial score (nSPS) is 11.7. The third kappa shape index (κ3) is 3.96. The standard InChI is InChI=1S/C20H22N4O3S2/c1-4-23(5-2)29(25,26)15-10-11-17-16(14-15)22-20(28-13-12-21)24(17)18-8-6-7-9-19(18)27-3/h6-11,14H,4-5,13H2,1-3H3. The van der Waals surface area contributed by atoms with Gasteiger partial charge < -0.3 is 4.74 Å². The van der Waals surface area contributed by atoms with Gasteiger partial charge in [-0.15, -0.1) is 0 Å². The van der Waals surface area contributed by atoms with Gasteiger partial charge in [-0.25, -0.2) is 13.4 Å². The van der Waals surface area contributed by atoms with Crippen LogP contribution >= 0.6 is 11.8 Å². The van der Waals surface area contributed by atoms with Crippen molar-refractivity contribution in [3.05, 3.63) is 42.5 Å². The molecule has 0 atom stereocenters. The van der Waals surface area contributed by atoms with E-state index in [1.165, 1.54) is 16.1 Å². The minimum absolute atomic E-state index is 0.204. The van der Waals surface area contributed by atoms with Crippen LogP contribution in [0.15, 0.2) is 52.5 Å². The lowest BCUT2D eigenvalue weighted by Crippen LogP contribution is -2.30. The lowest BCUT2D eigenvalue weighted by atomic mass is 10.2. The summed E-state index contributed by atoms with van der Waals surface area (Å²) in [5.74, 6) is 0.883. The number of ether oxygens (including phenoxy) is 1. The van der Waals surface area contributed by atoms with Crippen LogP contribution in [0.1, 0.15) is 13.8 Å². The van der Waals surface area contributed by atoms with Gasteiger partial charge >= 0.3 is 0 Å². The summed E-state index contributed by atoms with van der Waals surface area (Å²) in [6.07, 6.45) is 0. The second-order valence-electron chi connectivity index (χ2n) is 6.09. The summed E-state index contributed by atoms with van der Waals surface area (Å²) in [4.78, 5) is 4.83. The Balaban J connectivity index is 2.23. The fourth-order valence-electron chi connectivity index (χ4n) is 3.15. The first-order valence-electron chi connectivity index (χ1n) is 9.13. The number of imidazole rings is 1. The van der Waals surface area contributed by atoms with Gasteiger partial charge in [-0.3, -0.25) is 4.57 Å². The maximum absolute atomic E-state index is 12.9. The lowest BCUT2D eigenvalue weighted by molar-refractivity contribution is 0.412. The van der Waals surface area contributed by atoms with Crippen molar-refractivity contribution in [1.82, 2.24) is 13.9 Å². The van der Waals surface area contributed by atoms with Crippen molar-refractivity contribution in [3.63, 3.8) is 0 Å². The molecule has 0 N–H and O–H groups in total. The molecule has 1 heterocycles. The zero-order valence-corrected chi connectivity index (χ0v) is 18.1. The number of hydrogen-bond acceptors (Lipinski definition) is 6. The Kier molecular flexibility index (Phi) is 6.47. The lowest BCUT2D eigenvalue weighted by Gasteiger charge is -2.18. The summed E-state index contributed by atoms with van der Waals surface area (Å²) in [5, 5.41) is 9.61. The van der Waals surface area contributed by atoms with Crippen LogP contribution in [-0.4, -0.2) is 48.2 Å². The number of nitrogens with zero attached hydrogens (tertiary/aromatic N) is 4. The Morgan fingerprint density at radius 2 is 1.93 bits per heavy atom. The summed E-state index contributed by atoms with van der Waals surface area (Å²) >= 11 is 1.29. The molecule has 152 valence electrons. The van der Waals surface area contributed by atoms with Crippen LogP contribution in [0, 0.1) is 11.3 Å². The second kappa shape index (κ2) is 8.86. The largest absolute Gasteiger partial charge is 0.495 e. The molecule has 9 heteroatoms. The molecule has 7 nitrogen and oxygen atoms in total. The highest BCUT2D eigenvalue weighted by Crippen LogP contribution is 2.33. The molecular weight excluding hydrogens is 408 g/mol. The smallest absolute Gasteiger partial charge is 0.243 e. The van der Waals surface area contributed by atoms with Crippen LogP contribution < -0.4 is 4.74 Å². The highest BCUT2D eigenvalue weighted by molar-refractivity contribution is 7.99. The molecule has 0 bridgehead atoms. The summed E-state index contributed by atoms with van der Waals surface area (Å²) < 4.78 is 34.6. The number of thioether (sulfide) groups is 1. The van der Waals surface area contributed by atoms with Gasteiger partial charge in [0.2, 0.25) is 10.0 Å². The number of methoxy groups -OCH3 is 1. The minimum Gasteiger partial charge on any atom is -0.495 e. The monoisotopic (exact) mass is 430 g/mol. The molecule has 0 aliphatic rings. The van der Waals surface area contributed by atoms with E-state index in [1.807, 2.05) is 42.7 Å². The first kappa shape index (κ1) is 21.2. The van der Waals surface area contributed by atoms with Gasteiger partial charge in [0.15, 0.2) is 5.16 Å².